The Hall–Kier alpha value is -2.66. The van der Waals surface area contributed by atoms with E-state index in [1.165, 1.54) is 29.7 Å². The van der Waals surface area contributed by atoms with E-state index in [1.54, 1.807) is 10.3 Å². The fourth-order valence-electron chi connectivity index (χ4n) is 2.71. The van der Waals surface area contributed by atoms with Crippen molar-refractivity contribution in [3.8, 4) is 0 Å². The van der Waals surface area contributed by atoms with Gasteiger partial charge in [0.2, 0.25) is 5.70 Å². The number of hydrogen-bond acceptors (Lipinski definition) is 4. The van der Waals surface area contributed by atoms with Crippen molar-refractivity contribution in [1.82, 2.24) is 10.9 Å². The Balaban J connectivity index is 2.10. The molecule has 0 saturated heterocycles. The van der Waals surface area contributed by atoms with E-state index in [-0.39, 0.29) is 5.56 Å². The minimum atomic E-state index is -4.49. The number of hydrazine groups is 1. The second-order valence-corrected chi connectivity index (χ2v) is 6.18. The molecule has 0 bridgehead atoms. The molecule has 0 aliphatic carbocycles. The number of carbonyl (C=O) groups excluding carboxylic acids is 2. The van der Waals surface area contributed by atoms with Gasteiger partial charge in [0.25, 0.3) is 5.91 Å². The van der Waals surface area contributed by atoms with Gasteiger partial charge >= 0.3 is 12.1 Å². The maximum Gasteiger partial charge on any atom is 0.405 e. The molecule has 0 unspecified atom stereocenters. The summed E-state index contributed by atoms with van der Waals surface area (Å²) in [7, 11) is 0. The monoisotopic (exact) mass is 404 g/mol. The van der Waals surface area contributed by atoms with E-state index in [0.29, 0.717) is 42.8 Å². The highest BCUT2D eigenvalue weighted by molar-refractivity contribution is 5.94. The fourth-order valence-corrected chi connectivity index (χ4v) is 2.71. The van der Waals surface area contributed by atoms with Gasteiger partial charge in [-0.1, -0.05) is 12.0 Å². The van der Waals surface area contributed by atoms with E-state index in [1.807, 2.05) is 0 Å². The molecule has 11 heteroatoms. The van der Waals surface area contributed by atoms with Gasteiger partial charge in [-0.05, 0) is 43.5 Å². The highest BCUT2D eigenvalue weighted by Gasteiger charge is 2.31. The summed E-state index contributed by atoms with van der Waals surface area (Å²) in [5, 5.41) is 3.40. The zero-order valence-corrected chi connectivity index (χ0v) is 15.0. The highest BCUT2D eigenvalue weighted by atomic mass is 19.4. The first-order valence-corrected chi connectivity index (χ1v) is 8.66. The lowest BCUT2D eigenvalue weighted by Gasteiger charge is -2.19. The number of allylic oxidation sites excluding steroid dienone is 1. The van der Waals surface area contributed by atoms with Gasteiger partial charge in [0.15, 0.2) is 0 Å². The maximum atomic E-state index is 12.3. The predicted octanol–water partition coefficient (Wildman–Crippen LogP) is 1.01. The van der Waals surface area contributed by atoms with E-state index in [0.717, 1.165) is 0 Å². The summed E-state index contributed by atoms with van der Waals surface area (Å²) in [5.74, 6) is -1.46. The van der Waals surface area contributed by atoms with Gasteiger partial charge in [-0.2, -0.15) is 13.2 Å². The third-order valence-corrected chi connectivity index (χ3v) is 4.07. The van der Waals surface area contributed by atoms with Crippen LogP contribution in [0.3, 0.4) is 0 Å². The predicted molar refractivity (Wildman–Crippen MR) is 93.0 cm³/mol. The summed E-state index contributed by atoms with van der Waals surface area (Å²) in [6.45, 7) is -1.82. The van der Waals surface area contributed by atoms with Crippen LogP contribution in [0.1, 0.15) is 36.0 Å². The van der Waals surface area contributed by atoms with Crippen molar-refractivity contribution in [2.45, 2.75) is 31.9 Å². The van der Waals surface area contributed by atoms with Gasteiger partial charge < -0.3 is 11.1 Å². The lowest BCUT2D eigenvalue weighted by molar-refractivity contribution is -0.652. The SMILES string of the molecule is NC(=O)C1=C(CCCCCF)N(c2ccc(C(=O)NCC(F)(F)F)cc2)N[NH2+]1. The Kier molecular flexibility index (Phi) is 7.35. The molecule has 1 aliphatic rings. The maximum absolute atomic E-state index is 12.3. The van der Waals surface area contributed by atoms with Crippen molar-refractivity contribution < 1.29 is 32.6 Å². The number of unbranched alkanes of at least 4 members (excludes halogenated alkanes) is 2. The molecule has 154 valence electrons. The molecule has 0 atom stereocenters. The van der Waals surface area contributed by atoms with Gasteiger partial charge in [-0.25, -0.2) is 10.4 Å². The molecule has 0 aromatic heterocycles. The summed E-state index contributed by atoms with van der Waals surface area (Å²) in [4.78, 5) is 23.4. The summed E-state index contributed by atoms with van der Waals surface area (Å²) >= 11 is 0. The third-order valence-electron chi connectivity index (χ3n) is 4.07. The summed E-state index contributed by atoms with van der Waals surface area (Å²) in [6, 6.07) is 5.83. The molecule has 2 rings (SSSR count). The van der Waals surface area contributed by atoms with E-state index in [2.05, 4.69) is 5.53 Å². The molecule has 1 aromatic rings. The van der Waals surface area contributed by atoms with E-state index < -0.39 is 31.2 Å². The minimum Gasteiger partial charge on any atom is -0.361 e. The Morgan fingerprint density at radius 3 is 2.39 bits per heavy atom. The smallest absolute Gasteiger partial charge is 0.361 e. The van der Waals surface area contributed by atoms with Crippen LogP contribution >= 0.6 is 0 Å². The quantitative estimate of drug-likeness (QED) is 0.280. The molecular weight excluding hydrogens is 382 g/mol. The molecule has 0 radical (unpaired) electrons. The van der Waals surface area contributed by atoms with Crippen molar-refractivity contribution in [2.24, 2.45) is 5.73 Å². The van der Waals surface area contributed by atoms with Crippen molar-refractivity contribution in [3.63, 3.8) is 0 Å². The van der Waals surface area contributed by atoms with Crippen LogP contribution in [0.5, 0.6) is 0 Å². The second-order valence-electron chi connectivity index (χ2n) is 6.18. The molecule has 28 heavy (non-hydrogen) atoms. The molecule has 6 N–H and O–H groups in total. The number of carbonyl (C=O) groups is 2. The number of anilines is 1. The number of benzene rings is 1. The van der Waals surface area contributed by atoms with Gasteiger partial charge in [-0.3, -0.25) is 14.0 Å². The summed E-state index contributed by atoms with van der Waals surface area (Å²) < 4.78 is 48.8. The normalized spacial score (nSPS) is 14.5. The van der Waals surface area contributed by atoms with Crippen LogP contribution in [-0.4, -0.2) is 31.2 Å². The zero-order chi connectivity index (χ0) is 20.7. The Bertz CT molecular complexity index is 734. The number of halogens is 4. The Morgan fingerprint density at radius 2 is 1.82 bits per heavy atom. The van der Waals surface area contributed by atoms with Crippen LogP contribution in [-0.2, 0) is 4.79 Å². The molecule has 1 heterocycles. The molecular formula is C17H22F4N5O2+. The molecule has 1 aliphatic heterocycles. The van der Waals surface area contributed by atoms with E-state index in [4.69, 9.17) is 5.73 Å². The molecule has 7 nitrogen and oxygen atoms in total. The molecule has 2 amide bonds. The Morgan fingerprint density at radius 1 is 1.14 bits per heavy atom. The number of primary amides is 1. The number of nitrogens with zero attached hydrogens (tertiary/aromatic N) is 1. The first kappa shape index (κ1) is 21.6. The molecule has 1 aromatic carbocycles. The van der Waals surface area contributed by atoms with Crippen LogP contribution in [0.4, 0.5) is 23.2 Å². The molecule has 0 saturated carbocycles. The Labute approximate surface area is 158 Å². The van der Waals surface area contributed by atoms with Crippen molar-refractivity contribution in [1.29, 1.82) is 0 Å². The van der Waals surface area contributed by atoms with E-state index in [9.17, 15) is 27.2 Å². The summed E-state index contributed by atoms with van der Waals surface area (Å²) in [6.07, 6.45) is -2.27. The van der Waals surface area contributed by atoms with Gasteiger partial charge in [0, 0.05) is 5.56 Å². The number of hydrogen-bond donors (Lipinski definition) is 4. The van der Waals surface area contributed by atoms with Crippen molar-refractivity contribution in [3.05, 3.63) is 41.2 Å². The lowest BCUT2D eigenvalue weighted by atomic mass is 10.1. The fraction of sp³-hybridized carbons (Fsp3) is 0.412. The first-order chi connectivity index (χ1) is 13.2. The lowest BCUT2D eigenvalue weighted by Crippen LogP contribution is -2.92. The third kappa shape index (κ3) is 5.92. The average Bonchev–Trinajstić information content (AvgIpc) is 3.07. The largest absolute Gasteiger partial charge is 0.405 e. The minimum absolute atomic E-state index is 0.0692. The first-order valence-electron chi connectivity index (χ1n) is 8.66. The van der Waals surface area contributed by atoms with Crippen LogP contribution in [0.2, 0.25) is 0 Å². The second kappa shape index (κ2) is 9.51. The van der Waals surface area contributed by atoms with Crippen LogP contribution in [0, 0.1) is 0 Å². The van der Waals surface area contributed by atoms with Crippen LogP contribution in [0.15, 0.2) is 35.7 Å². The topological polar surface area (TPSA) is 104 Å². The van der Waals surface area contributed by atoms with Crippen LogP contribution in [0.25, 0.3) is 0 Å². The van der Waals surface area contributed by atoms with Gasteiger partial charge in [-0.15, -0.1) is 0 Å². The number of amides is 2. The zero-order valence-electron chi connectivity index (χ0n) is 15.0. The molecule has 0 spiro atoms. The summed E-state index contributed by atoms with van der Waals surface area (Å²) in [5.41, 5.74) is 11.3. The number of rotatable bonds is 9. The van der Waals surface area contributed by atoms with Crippen LogP contribution < -0.4 is 27.0 Å². The number of nitrogens with two attached hydrogens (primary N) is 2. The van der Waals surface area contributed by atoms with Crippen molar-refractivity contribution in [2.75, 3.05) is 18.2 Å². The van der Waals surface area contributed by atoms with Gasteiger partial charge in [0.1, 0.15) is 12.2 Å². The molecule has 0 fully saturated rings. The standard InChI is InChI=1S/C17H21F4N5O2/c18-9-3-1-2-4-13-14(15(22)27)24-25-26(13)12-7-5-11(6-8-12)16(28)23-10-17(19,20)21/h5-8,24-25H,1-4,9-10H2,(H2,22,27)(H,23,28)/p+1. The number of alkyl halides is 4. The van der Waals surface area contributed by atoms with E-state index >= 15 is 0 Å². The highest BCUT2D eigenvalue weighted by Crippen LogP contribution is 2.24. The van der Waals surface area contributed by atoms with Gasteiger partial charge in [0.05, 0.1) is 12.4 Å². The average molecular weight is 404 g/mol. The van der Waals surface area contributed by atoms with Crippen molar-refractivity contribution >= 4 is 17.5 Å². The number of nitrogens with one attached hydrogen (secondary N) is 2. The number of quaternary nitrogens is 1.